The molecule has 0 aromatic heterocycles. The first-order valence-electron chi connectivity index (χ1n) is 7.34. The SMILES string of the molecule is Cc1ccc(C)c(NC(=O)N2CCCCC2CC(=O)O)c1. The number of hydrogen-bond donors (Lipinski definition) is 2. The highest BCUT2D eigenvalue weighted by atomic mass is 16.4. The second-order valence-electron chi connectivity index (χ2n) is 5.69. The minimum atomic E-state index is -0.855. The van der Waals surface area contributed by atoms with Gasteiger partial charge in [-0.2, -0.15) is 0 Å². The van der Waals surface area contributed by atoms with Gasteiger partial charge in [0, 0.05) is 18.3 Å². The Bertz CT molecular complexity index is 542. The Morgan fingerprint density at radius 2 is 2.10 bits per heavy atom. The van der Waals surface area contributed by atoms with Gasteiger partial charge in [-0.3, -0.25) is 4.79 Å². The number of carboxylic acid groups (broad SMARTS) is 1. The molecule has 1 saturated heterocycles. The van der Waals surface area contributed by atoms with Gasteiger partial charge in [-0.25, -0.2) is 4.79 Å². The molecule has 1 aliphatic heterocycles. The molecule has 5 heteroatoms. The lowest BCUT2D eigenvalue weighted by molar-refractivity contribution is -0.138. The van der Waals surface area contributed by atoms with Crippen LogP contribution in [0, 0.1) is 13.8 Å². The van der Waals surface area contributed by atoms with Gasteiger partial charge in [0.15, 0.2) is 0 Å². The molecule has 2 rings (SSSR count). The lowest BCUT2D eigenvalue weighted by atomic mass is 10.00. The zero-order valence-electron chi connectivity index (χ0n) is 12.6. The summed E-state index contributed by atoms with van der Waals surface area (Å²) >= 11 is 0. The molecular weight excluding hydrogens is 268 g/mol. The number of anilines is 1. The molecule has 0 spiro atoms. The standard InChI is InChI=1S/C16H22N2O3/c1-11-6-7-12(2)14(9-11)17-16(21)18-8-4-3-5-13(18)10-15(19)20/h6-7,9,13H,3-5,8,10H2,1-2H3,(H,17,21)(H,19,20). The third-order valence-electron chi connectivity index (χ3n) is 3.93. The molecule has 1 fully saturated rings. The van der Waals surface area contributed by atoms with Crippen LogP contribution in [0.4, 0.5) is 10.5 Å². The molecule has 1 heterocycles. The van der Waals surface area contributed by atoms with Gasteiger partial charge < -0.3 is 15.3 Å². The molecule has 1 unspecified atom stereocenters. The first kappa shape index (κ1) is 15.4. The molecule has 1 atom stereocenters. The van der Waals surface area contributed by atoms with Crippen LogP contribution in [-0.2, 0) is 4.79 Å². The van der Waals surface area contributed by atoms with Gasteiger partial charge in [0.2, 0.25) is 0 Å². The highest BCUT2D eigenvalue weighted by molar-refractivity contribution is 5.90. The zero-order valence-corrected chi connectivity index (χ0v) is 12.6. The third-order valence-corrected chi connectivity index (χ3v) is 3.93. The first-order valence-corrected chi connectivity index (χ1v) is 7.34. The normalized spacial score (nSPS) is 18.4. The van der Waals surface area contributed by atoms with Gasteiger partial charge in [0.1, 0.15) is 0 Å². The molecule has 2 N–H and O–H groups in total. The Labute approximate surface area is 125 Å². The molecule has 0 aliphatic carbocycles. The van der Waals surface area contributed by atoms with Gasteiger partial charge >= 0.3 is 12.0 Å². The maximum atomic E-state index is 12.4. The fourth-order valence-electron chi connectivity index (χ4n) is 2.74. The number of carbonyl (C=O) groups excluding carboxylic acids is 1. The van der Waals surface area contributed by atoms with E-state index in [9.17, 15) is 9.59 Å². The Morgan fingerprint density at radius 3 is 2.81 bits per heavy atom. The summed E-state index contributed by atoms with van der Waals surface area (Å²) in [5.74, 6) is -0.855. The van der Waals surface area contributed by atoms with Crippen molar-refractivity contribution in [2.24, 2.45) is 0 Å². The van der Waals surface area contributed by atoms with E-state index in [1.54, 1.807) is 4.90 Å². The monoisotopic (exact) mass is 290 g/mol. The van der Waals surface area contributed by atoms with Crippen LogP contribution in [0.15, 0.2) is 18.2 Å². The molecule has 0 bridgehead atoms. The predicted octanol–water partition coefficient (Wildman–Crippen LogP) is 3.16. The Morgan fingerprint density at radius 1 is 1.33 bits per heavy atom. The summed E-state index contributed by atoms with van der Waals surface area (Å²) in [5.41, 5.74) is 2.87. The van der Waals surface area contributed by atoms with Crippen LogP contribution in [0.25, 0.3) is 0 Å². The van der Waals surface area contributed by atoms with Crippen LogP contribution in [-0.4, -0.2) is 34.6 Å². The Balaban J connectivity index is 2.10. The number of aryl methyl sites for hydroxylation is 2. The van der Waals surface area contributed by atoms with E-state index in [2.05, 4.69) is 5.32 Å². The van der Waals surface area contributed by atoms with Crippen molar-refractivity contribution < 1.29 is 14.7 Å². The van der Waals surface area contributed by atoms with Crippen molar-refractivity contribution in [3.63, 3.8) is 0 Å². The minimum absolute atomic E-state index is 0.0141. The van der Waals surface area contributed by atoms with Crippen LogP contribution < -0.4 is 5.32 Å². The van der Waals surface area contributed by atoms with Crippen molar-refractivity contribution in [2.75, 3.05) is 11.9 Å². The second kappa shape index (κ2) is 6.61. The number of likely N-dealkylation sites (tertiary alicyclic amines) is 1. The lowest BCUT2D eigenvalue weighted by Crippen LogP contribution is -2.46. The summed E-state index contributed by atoms with van der Waals surface area (Å²) in [5, 5.41) is 11.9. The van der Waals surface area contributed by atoms with Crippen LogP contribution >= 0.6 is 0 Å². The average Bonchev–Trinajstić information content (AvgIpc) is 2.42. The number of carboxylic acids is 1. The Hall–Kier alpha value is -2.04. The number of piperidine rings is 1. The maximum absolute atomic E-state index is 12.4. The van der Waals surface area contributed by atoms with Crippen molar-refractivity contribution in [1.29, 1.82) is 0 Å². The van der Waals surface area contributed by atoms with E-state index < -0.39 is 5.97 Å². The third kappa shape index (κ3) is 3.97. The number of aliphatic carboxylic acids is 1. The van der Waals surface area contributed by atoms with Gasteiger partial charge in [0.25, 0.3) is 0 Å². The largest absolute Gasteiger partial charge is 0.481 e. The molecule has 114 valence electrons. The number of carbonyl (C=O) groups is 2. The van der Waals surface area contributed by atoms with Crippen molar-refractivity contribution >= 4 is 17.7 Å². The van der Waals surface area contributed by atoms with Crippen molar-refractivity contribution in [2.45, 2.75) is 45.6 Å². The number of amides is 2. The molecule has 0 radical (unpaired) electrons. The lowest BCUT2D eigenvalue weighted by Gasteiger charge is -2.35. The molecule has 2 amide bonds. The smallest absolute Gasteiger partial charge is 0.322 e. The van der Waals surface area contributed by atoms with Gasteiger partial charge in [-0.15, -0.1) is 0 Å². The summed E-state index contributed by atoms with van der Waals surface area (Å²) < 4.78 is 0. The molecule has 5 nitrogen and oxygen atoms in total. The van der Waals surface area contributed by atoms with Gasteiger partial charge in [0.05, 0.1) is 6.42 Å². The number of hydrogen-bond acceptors (Lipinski definition) is 2. The molecule has 1 aromatic rings. The highest BCUT2D eigenvalue weighted by Gasteiger charge is 2.28. The predicted molar refractivity (Wildman–Crippen MR) is 81.5 cm³/mol. The van der Waals surface area contributed by atoms with Crippen molar-refractivity contribution in [1.82, 2.24) is 4.90 Å². The van der Waals surface area contributed by atoms with E-state index in [0.717, 1.165) is 36.1 Å². The first-order chi connectivity index (χ1) is 9.97. The molecule has 1 aliphatic rings. The fraction of sp³-hybridized carbons (Fsp3) is 0.500. The molecule has 1 aromatic carbocycles. The number of nitrogens with one attached hydrogen (secondary N) is 1. The highest BCUT2D eigenvalue weighted by Crippen LogP contribution is 2.22. The topological polar surface area (TPSA) is 69.6 Å². The second-order valence-corrected chi connectivity index (χ2v) is 5.69. The fourth-order valence-corrected chi connectivity index (χ4v) is 2.74. The number of nitrogens with zero attached hydrogens (tertiary/aromatic N) is 1. The zero-order chi connectivity index (χ0) is 15.4. The summed E-state index contributed by atoms with van der Waals surface area (Å²) in [6.45, 7) is 4.54. The minimum Gasteiger partial charge on any atom is -0.481 e. The summed E-state index contributed by atoms with van der Waals surface area (Å²) in [6, 6.07) is 5.49. The van der Waals surface area contributed by atoms with Crippen LogP contribution in [0.3, 0.4) is 0 Å². The van der Waals surface area contributed by atoms with Crippen LogP contribution in [0.1, 0.15) is 36.8 Å². The van der Waals surface area contributed by atoms with Crippen LogP contribution in [0.5, 0.6) is 0 Å². The molecule has 21 heavy (non-hydrogen) atoms. The van der Waals surface area contributed by atoms with E-state index in [1.165, 1.54) is 0 Å². The van der Waals surface area contributed by atoms with E-state index in [4.69, 9.17) is 5.11 Å². The summed E-state index contributed by atoms with van der Waals surface area (Å²) in [6.07, 6.45) is 2.67. The number of rotatable bonds is 3. The quantitative estimate of drug-likeness (QED) is 0.898. The van der Waals surface area contributed by atoms with E-state index in [0.29, 0.717) is 6.54 Å². The van der Waals surface area contributed by atoms with E-state index in [1.807, 2.05) is 32.0 Å². The van der Waals surface area contributed by atoms with Crippen LogP contribution in [0.2, 0.25) is 0 Å². The summed E-state index contributed by atoms with van der Waals surface area (Å²) in [7, 11) is 0. The molecule has 0 saturated carbocycles. The number of urea groups is 1. The van der Waals surface area contributed by atoms with Gasteiger partial charge in [-0.05, 0) is 50.3 Å². The van der Waals surface area contributed by atoms with Gasteiger partial charge in [-0.1, -0.05) is 12.1 Å². The average molecular weight is 290 g/mol. The van der Waals surface area contributed by atoms with E-state index >= 15 is 0 Å². The van der Waals surface area contributed by atoms with Crippen molar-refractivity contribution in [3.05, 3.63) is 29.3 Å². The molecular formula is C16H22N2O3. The maximum Gasteiger partial charge on any atom is 0.322 e. The Kier molecular flexibility index (Phi) is 4.83. The van der Waals surface area contributed by atoms with E-state index in [-0.39, 0.29) is 18.5 Å². The van der Waals surface area contributed by atoms with Crippen molar-refractivity contribution in [3.8, 4) is 0 Å². The number of benzene rings is 1. The summed E-state index contributed by atoms with van der Waals surface area (Å²) in [4.78, 5) is 25.0.